The molecule has 0 saturated carbocycles. The zero-order chi connectivity index (χ0) is 15.0. The number of fused-ring (bicyclic) bond motifs is 1. The third kappa shape index (κ3) is 2.39. The van der Waals surface area contributed by atoms with E-state index in [0.29, 0.717) is 0 Å². The van der Waals surface area contributed by atoms with Gasteiger partial charge >= 0.3 is 0 Å². The van der Waals surface area contributed by atoms with Crippen LogP contribution in [-0.4, -0.2) is 42.0 Å². The molecule has 1 fully saturated rings. The van der Waals surface area contributed by atoms with Crippen molar-refractivity contribution in [3.05, 3.63) is 30.0 Å². The molecule has 0 aliphatic carbocycles. The van der Waals surface area contributed by atoms with Crippen LogP contribution in [0.25, 0.3) is 10.8 Å². The molecular weight excluding hydrogens is 264 g/mol. The minimum Gasteiger partial charge on any atom is -0.398 e. The Morgan fingerprint density at radius 3 is 2.57 bits per heavy atom. The molecule has 5 heteroatoms. The number of nitrogens with zero attached hydrogens (tertiary/aromatic N) is 3. The van der Waals surface area contributed by atoms with Gasteiger partial charge in [0.2, 0.25) is 5.91 Å². The van der Waals surface area contributed by atoms with Gasteiger partial charge in [-0.05, 0) is 24.6 Å². The number of aryl methyl sites for hydroxylation is 1. The van der Waals surface area contributed by atoms with Crippen LogP contribution >= 0.6 is 0 Å². The maximum Gasteiger partial charge on any atom is 0.219 e. The second-order valence-electron chi connectivity index (χ2n) is 5.52. The molecule has 2 aromatic rings. The van der Waals surface area contributed by atoms with Crippen LogP contribution in [0.5, 0.6) is 0 Å². The van der Waals surface area contributed by atoms with Crippen LogP contribution < -0.4 is 10.6 Å². The molecule has 1 aliphatic heterocycles. The second-order valence-corrected chi connectivity index (χ2v) is 5.52. The normalized spacial score (nSPS) is 15.5. The summed E-state index contributed by atoms with van der Waals surface area (Å²) >= 11 is 0. The molecular formula is C16H20N4O. The summed E-state index contributed by atoms with van der Waals surface area (Å²) < 4.78 is 0. The highest BCUT2D eigenvalue weighted by Crippen LogP contribution is 2.31. The first kappa shape index (κ1) is 13.7. The molecule has 1 aromatic carbocycles. The number of amides is 1. The highest BCUT2D eigenvalue weighted by Gasteiger charge is 2.21. The first-order chi connectivity index (χ1) is 10.1. The van der Waals surface area contributed by atoms with Crippen molar-refractivity contribution in [1.82, 2.24) is 9.88 Å². The fraction of sp³-hybridized carbons (Fsp3) is 0.375. The number of pyridine rings is 1. The molecule has 3 rings (SSSR count). The van der Waals surface area contributed by atoms with Gasteiger partial charge in [-0.3, -0.25) is 4.79 Å². The van der Waals surface area contributed by atoms with E-state index in [-0.39, 0.29) is 5.91 Å². The number of piperazine rings is 1. The van der Waals surface area contributed by atoms with Gasteiger partial charge in [-0.25, -0.2) is 4.98 Å². The molecule has 1 aliphatic rings. The Labute approximate surface area is 124 Å². The molecule has 5 nitrogen and oxygen atoms in total. The van der Waals surface area contributed by atoms with Gasteiger partial charge in [0.05, 0.1) is 0 Å². The summed E-state index contributed by atoms with van der Waals surface area (Å²) in [7, 11) is 0. The van der Waals surface area contributed by atoms with E-state index < -0.39 is 0 Å². The van der Waals surface area contributed by atoms with Crippen LogP contribution in [0.15, 0.2) is 24.4 Å². The molecule has 2 N–H and O–H groups in total. The highest BCUT2D eigenvalue weighted by atomic mass is 16.2. The fourth-order valence-corrected chi connectivity index (χ4v) is 2.94. The lowest BCUT2D eigenvalue weighted by molar-refractivity contribution is -0.129. The standard InChI is InChI=1S/C16H20N4O/c1-11-3-4-14(17)13-5-6-18-16(15(11)13)20-9-7-19(8-10-20)12(2)21/h3-6H,7-10,17H2,1-2H3. The fourth-order valence-electron chi connectivity index (χ4n) is 2.94. The van der Waals surface area contributed by atoms with Crippen molar-refractivity contribution in [2.24, 2.45) is 0 Å². The maximum absolute atomic E-state index is 11.4. The molecule has 0 bridgehead atoms. The molecule has 0 spiro atoms. The van der Waals surface area contributed by atoms with E-state index in [1.54, 1.807) is 6.92 Å². The monoisotopic (exact) mass is 284 g/mol. The first-order valence-corrected chi connectivity index (χ1v) is 7.22. The summed E-state index contributed by atoms with van der Waals surface area (Å²) in [4.78, 5) is 20.1. The van der Waals surface area contributed by atoms with Crippen molar-refractivity contribution < 1.29 is 4.79 Å². The molecule has 110 valence electrons. The number of rotatable bonds is 1. The number of carbonyl (C=O) groups is 1. The zero-order valence-electron chi connectivity index (χ0n) is 12.5. The average Bonchev–Trinajstić information content (AvgIpc) is 2.50. The van der Waals surface area contributed by atoms with Gasteiger partial charge in [-0.15, -0.1) is 0 Å². The molecule has 0 atom stereocenters. The van der Waals surface area contributed by atoms with Crippen LogP contribution in [0.4, 0.5) is 11.5 Å². The maximum atomic E-state index is 11.4. The third-order valence-corrected chi connectivity index (χ3v) is 4.17. The van der Waals surface area contributed by atoms with E-state index in [1.807, 2.05) is 29.3 Å². The van der Waals surface area contributed by atoms with Gasteiger partial charge in [0.15, 0.2) is 0 Å². The van der Waals surface area contributed by atoms with Gasteiger partial charge in [-0.2, -0.15) is 0 Å². The summed E-state index contributed by atoms with van der Waals surface area (Å²) in [6.45, 7) is 6.80. The minimum atomic E-state index is 0.140. The zero-order valence-corrected chi connectivity index (χ0v) is 12.5. The minimum absolute atomic E-state index is 0.140. The van der Waals surface area contributed by atoms with Crippen LogP contribution in [0.1, 0.15) is 12.5 Å². The number of hydrogen-bond donors (Lipinski definition) is 1. The van der Waals surface area contributed by atoms with Crippen molar-refractivity contribution in [1.29, 1.82) is 0 Å². The van der Waals surface area contributed by atoms with Crippen molar-refractivity contribution in [2.45, 2.75) is 13.8 Å². The SMILES string of the molecule is CC(=O)N1CCN(c2nccc3c(N)ccc(C)c23)CC1. The van der Waals surface area contributed by atoms with Crippen LogP contribution in [-0.2, 0) is 4.79 Å². The van der Waals surface area contributed by atoms with Crippen LogP contribution in [0.3, 0.4) is 0 Å². The largest absolute Gasteiger partial charge is 0.398 e. The summed E-state index contributed by atoms with van der Waals surface area (Å²) in [5.74, 6) is 1.11. The lowest BCUT2D eigenvalue weighted by Gasteiger charge is -2.35. The predicted molar refractivity (Wildman–Crippen MR) is 85.4 cm³/mol. The molecule has 1 saturated heterocycles. The predicted octanol–water partition coefficient (Wildman–Crippen LogP) is 1.79. The van der Waals surface area contributed by atoms with E-state index in [2.05, 4.69) is 16.8 Å². The first-order valence-electron chi connectivity index (χ1n) is 7.22. The molecule has 1 aromatic heterocycles. The van der Waals surface area contributed by atoms with Crippen molar-refractivity contribution in [3.8, 4) is 0 Å². The van der Waals surface area contributed by atoms with Gasteiger partial charge in [-0.1, -0.05) is 6.07 Å². The number of nitrogens with two attached hydrogens (primary N) is 1. The van der Waals surface area contributed by atoms with Crippen molar-refractivity contribution in [3.63, 3.8) is 0 Å². The number of benzene rings is 1. The summed E-state index contributed by atoms with van der Waals surface area (Å²) in [6.07, 6.45) is 1.81. The Morgan fingerprint density at radius 1 is 1.19 bits per heavy atom. The topological polar surface area (TPSA) is 62.5 Å². The summed E-state index contributed by atoms with van der Waals surface area (Å²) in [5.41, 5.74) is 8.04. The van der Waals surface area contributed by atoms with Crippen molar-refractivity contribution >= 4 is 28.2 Å². The Hall–Kier alpha value is -2.30. The van der Waals surface area contributed by atoms with Gasteiger partial charge in [0, 0.05) is 55.8 Å². The number of hydrogen-bond acceptors (Lipinski definition) is 4. The number of aromatic nitrogens is 1. The van der Waals surface area contributed by atoms with Crippen molar-refractivity contribution in [2.75, 3.05) is 36.8 Å². The Morgan fingerprint density at radius 2 is 1.90 bits per heavy atom. The summed E-state index contributed by atoms with van der Waals surface area (Å²) in [5, 5.41) is 2.17. The van der Waals surface area contributed by atoms with E-state index >= 15 is 0 Å². The van der Waals surface area contributed by atoms with E-state index in [4.69, 9.17) is 5.73 Å². The number of carbonyl (C=O) groups excluding carboxylic acids is 1. The quantitative estimate of drug-likeness (QED) is 0.811. The lowest BCUT2D eigenvalue weighted by Crippen LogP contribution is -2.48. The third-order valence-electron chi connectivity index (χ3n) is 4.17. The van der Waals surface area contributed by atoms with Crippen LogP contribution in [0, 0.1) is 6.92 Å². The van der Waals surface area contributed by atoms with E-state index in [1.165, 1.54) is 5.56 Å². The van der Waals surface area contributed by atoms with E-state index in [9.17, 15) is 4.79 Å². The Bertz CT molecular complexity index is 690. The van der Waals surface area contributed by atoms with Gasteiger partial charge < -0.3 is 15.5 Å². The van der Waals surface area contributed by atoms with Gasteiger partial charge in [0.25, 0.3) is 0 Å². The highest BCUT2D eigenvalue weighted by molar-refractivity contribution is 6.01. The smallest absolute Gasteiger partial charge is 0.219 e. The molecule has 21 heavy (non-hydrogen) atoms. The average molecular weight is 284 g/mol. The molecule has 2 heterocycles. The number of anilines is 2. The molecule has 0 unspecified atom stereocenters. The Balaban J connectivity index is 1.99. The molecule has 1 amide bonds. The van der Waals surface area contributed by atoms with Crippen LogP contribution in [0.2, 0.25) is 0 Å². The lowest BCUT2D eigenvalue weighted by atomic mass is 10.0. The second kappa shape index (κ2) is 5.24. The van der Waals surface area contributed by atoms with E-state index in [0.717, 1.165) is 48.5 Å². The summed E-state index contributed by atoms with van der Waals surface area (Å²) in [6, 6.07) is 5.94. The molecule has 0 radical (unpaired) electrons. The van der Waals surface area contributed by atoms with Gasteiger partial charge in [0.1, 0.15) is 5.82 Å². The number of nitrogen functional groups attached to an aromatic ring is 1. The Kier molecular flexibility index (Phi) is 3.41.